The van der Waals surface area contributed by atoms with Crippen LogP contribution in [0.2, 0.25) is 0 Å². The topological polar surface area (TPSA) is 25.2 Å². The Balaban J connectivity index is 1.65. The van der Waals surface area contributed by atoms with Crippen LogP contribution >= 0.6 is 15.9 Å². The summed E-state index contributed by atoms with van der Waals surface area (Å²) >= 11 is 3.67. The van der Waals surface area contributed by atoms with Crippen LogP contribution in [0.5, 0.6) is 0 Å². The molecule has 1 aromatic heterocycles. The van der Waals surface area contributed by atoms with E-state index in [1.807, 2.05) is 12.3 Å². The molecule has 4 bridgehead atoms. The minimum absolute atomic E-state index is 0.402. The summed E-state index contributed by atoms with van der Waals surface area (Å²) in [4.78, 5) is 0. The number of halogens is 1. The molecule has 1 atom stereocenters. The fourth-order valence-electron chi connectivity index (χ4n) is 5.66. The average molecular weight is 338 g/mol. The number of rotatable bonds is 4. The molecule has 1 aromatic rings. The number of hydrogen-bond acceptors (Lipinski definition) is 2. The summed E-state index contributed by atoms with van der Waals surface area (Å²) in [5.41, 5.74) is 0. The van der Waals surface area contributed by atoms with Gasteiger partial charge in [-0.2, -0.15) is 0 Å². The normalized spacial score (nSPS) is 40.2. The van der Waals surface area contributed by atoms with E-state index in [1.165, 1.54) is 32.1 Å². The third kappa shape index (κ3) is 2.09. The third-order valence-electron chi connectivity index (χ3n) is 6.04. The van der Waals surface area contributed by atoms with Gasteiger partial charge in [0.15, 0.2) is 0 Å². The van der Waals surface area contributed by atoms with Crippen molar-refractivity contribution >= 4 is 15.9 Å². The van der Waals surface area contributed by atoms with Crippen LogP contribution in [0, 0.1) is 29.6 Å². The third-order valence-corrected chi connectivity index (χ3v) is 6.69. The SMILES string of the molecule is CCNC(c1occc1Br)C1C2CC3CC(C2)CC1C3. The highest BCUT2D eigenvalue weighted by Crippen LogP contribution is 2.59. The van der Waals surface area contributed by atoms with Crippen molar-refractivity contribution < 1.29 is 4.42 Å². The first kappa shape index (κ1) is 13.4. The summed E-state index contributed by atoms with van der Waals surface area (Å²) in [6.07, 6.45) is 9.22. The molecule has 1 heterocycles. The van der Waals surface area contributed by atoms with Crippen LogP contribution in [0.1, 0.15) is 50.8 Å². The number of nitrogens with one attached hydrogen (secondary N) is 1. The van der Waals surface area contributed by atoms with Gasteiger partial charge in [-0.1, -0.05) is 6.92 Å². The minimum Gasteiger partial charge on any atom is -0.466 e. The lowest BCUT2D eigenvalue weighted by Crippen LogP contribution is -2.49. The summed E-state index contributed by atoms with van der Waals surface area (Å²) < 4.78 is 6.96. The zero-order valence-electron chi connectivity index (χ0n) is 12.1. The Morgan fingerprint density at radius 1 is 1.20 bits per heavy atom. The van der Waals surface area contributed by atoms with E-state index in [-0.39, 0.29) is 0 Å². The molecule has 0 amide bonds. The maximum Gasteiger partial charge on any atom is 0.135 e. The summed E-state index contributed by atoms with van der Waals surface area (Å²) in [7, 11) is 0. The van der Waals surface area contributed by atoms with Gasteiger partial charge in [0, 0.05) is 0 Å². The lowest BCUT2D eigenvalue weighted by Gasteiger charge is -2.56. The molecule has 110 valence electrons. The van der Waals surface area contributed by atoms with E-state index in [0.29, 0.717) is 6.04 Å². The second-order valence-corrected chi connectivity index (χ2v) is 8.03. The molecule has 4 saturated carbocycles. The maximum absolute atomic E-state index is 5.83. The molecule has 0 spiro atoms. The molecule has 3 heteroatoms. The van der Waals surface area contributed by atoms with E-state index >= 15 is 0 Å². The lowest BCUT2D eigenvalue weighted by atomic mass is 9.50. The first-order valence-electron chi connectivity index (χ1n) is 8.22. The highest BCUT2D eigenvalue weighted by atomic mass is 79.9. The van der Waals surface area contributed by atoms with Crippen LogP contribution in [0.25, 0.3) is 0 Å². The Morgan fingerprint density at radius 3 is 2.35 bits per heavy atom. The van der Waals surface area contributed by atoms with Crippen LogP contribution in [0.4, 0.5) is 0 Å². The second-order valence-electron chi connectivity index (χ2n) is 7.18. The molecule has 0 aliphatic heterocycles. The summed E-state index contributed by atoms with van der Waals surface area (Å²) in [6.45, 7) is 3.22. The van der Waals surface area contributed by atoms with Gasteiger partial charge in [-0.05, 0) is 90.2 Å². The molecule has 1 unspecified atom stereocenters. The molecular formula is C17H24BrNO. The Bertz CT molecular complexity index is 455. The smallest absolute Gasteiger partial charge is 0.135 e. The van der Waals surface area contributed by atoms with Crippen LogP contribution < -0.4 is 5.32 Å². The van der Waals surface area contributed by atoms with Crippen molar-refractivity contribution in [1.82, 2.24) is 5.32 Å². The van der Waals surface area contributed by atoms with Gasteiger partial charge >= 0.3 is 0 Å². The van der Waals surface area contributed by atoms with E-state index in [2.05, 4.69) is 28.2 Å². The Morgan fingerprint density at radius 2 is 1.85 bits per heavy atom. The lowest BCUT2D eigenvalue weighted by molar-refractivity contribution is -0.0552. The predicted octanol–water partition coefficient (Wildman–Crippen LogP) is 4.77. The molecule has 1 N–H and O–H groups in total. The van der Waals surface area contributed by atoms with Crippen LogP contribution in [0.15, 0.2) is 21.2 Å². The molecular weight excluding hydrogens is 314 g/mol. The molecule has 0 radical (unpaired) electrons. The van der Waals surface area contributed by atoms with Crippen LogP contribution in [0.3, 0.4) is 0 Å². The summed E-state index contributed by atoms with van der Waals surface area (Å²) in [6, 6.07) is 2.44. The van der Waals surface area contributed by atoms with Crippen molar-refractivity contribution in [3.05, 3.63) is 22.6 Å². The highest BCUT2D eigenvalue weighted by molar-refractivity contribution is 9.10. The number of furan rings is 1. The molecule has 0 aromatic carbocycles. The minimum atomic E-state index is 0.402. The highest BCUT2D eigenvalue weighted by Gasteiger charge is 2.51. The van der Waals surface area contributed by atoms with Crippen LogP contribution in [-0.2, 0) is 0 Å². The molecule has 20 heavy (non-hydrogen) atoms. The van der Waals surface area contributed by atoms with E-state index in [1.54, 1.807) is 0 Å². The van der Waals surface area contributed by atoms with Crippen molar-refractivity contribution in [3.63, 3.8) is 0 Å². The van der Waals surface area contributed by atoms with Crippen molar-refractivity contribution in [2.24, 2.45) is 29.6 Å². The largest absolute Gasteiger partial charge is 0.466 e. The van der Waals surface area contributed by atoms with E-state index in [4.69, 9.17) is 4.42 Å². The fraction of sp³-hybridized carbons (Fsp3) is 0.765. The van der Waals surface area contributed by atoms with Gasteiger partial charge in [0.05, 0.1) is 16.8 Å². The van der Waals surface area contributed by atoms with Gasteiger partial charge in [-0.25, -0.2) is 0 Å². The first-order chi connectivity index (χ1) is 9.76. The van der Waals surface area contributed by atoms with Gasteiger partial charge in [-0.3, -0.25) is 0 Å². The van der Waals surface area contributed by atoms with Crippen molar-refractivity contribution in [2.45, 2.75) is 45.1 Å². The Hall–Kier alpha value is -0.280. The Kier molecular flexibility index (Phi) is 3.46. The maximum atomic E-state index is 5.83. The average Bonchev–Trinajstić information content (AvgIpc) is 2.82. The molecule has 0 saturated heterocycles. The molecule has 4 aliphatic carbocycles. The zero-order chi connectivity index (χ0) is 13.7. The van der Waals surface area contributed by atoms with Gasteiger partial charge in [0.2, 0.25) is 0 Å². The predicted molar refractivity (Wildman–Crippen MR) is 83.4 cm³/mol. The summed E-state index contributed by atoms with van der Waals surface area (Å²) in [5.74, 6) is 5.83. The fourth-order valence-corrected chi connectivity index (χ4v) is 6.11. The second kappa shape index (κ2) is 5.17. The zero-order valence-corrected chi connectivity index (χ0v) is 13.7. The number of hydrogen-bond donors (Lipinski definition) is 1. The van der Waals surface area contributed by atoms with E-state index in [0.717, 1.165) is 46.4 Å². The van der Waals surface area contributed by atoms with Crippen LogP contribution in [-0.4, -0.2) is 6.54 Å². The first-order valence-corrected chi connectivity index (χ1v) is 9.01. The quantitative estimate of drug-likeness (QED) is 0.856. The van der Waals surface area contributed by atoms with Crippen molar-refractivity contribution in [3.8, 4) is 0 Å². The molecule has 4 aliphatic rings. The van der Waals surface area contributed by atoms with Gasteiger partial charge < -0.3 is 9.73 Å². The standard InChI is InChI=1S/C17H24BrNO/c1-2-19-16(17-14(18)3-4-20-17)15-12-6-10-5-11(8-12)9-13(15)7-10/h3-4,10-13,15-16,19H,2,5-9H2,1H3. The van der Waals surface area contributed by atoms with Gasteiger partial charge in [0.1, 0.15) is 5.76 Å². The molecule has 4 fully saturated rings. The van der Waals surface area contributed by atoms with Gasteiger partial charge in [-0.15, -0.1) is 0 Å². The summed E-state index contributed by atoms with van der Waals surface area (Å²) in [5, 5.41) is 3.73. The molecule has 5 rings (SSSR count). The van der Waals surface area contributed by atoms with E-state index < -0.39 is 0 Å². The van der Waals surface area contributed by atoms with Crippen molar-refractivity contribution in [1.29, 1.82) is 0 Å². The molecule has 2 nitrogen and oxygen atoms in total. The van der Waals surface area contributed by atoms with Gasteiger partial charge in [0.25, 0.3) is 0 Å². The van der Waals surface area contributed by atoms with Crippen molar-refractivity contribution in [2.75, 3.05) is 6.54 Å². The Labute approximate surface area is 129 Å². The van der Waals surface area contributed by atoms with E-state index in [9.17, 15) is 0 Å². The monoisotopic (exact) mass is 337 g/mol.